The number of carbonyl (C=O) groups is 3. The molecule has 2 atom stereocenters. The normalized spacial score (nSPS) is 20.5. The van der Waals surface area contributed by atoms with Gasteiger partial charge < -0.3 is 42.3 Å². The van der Waals surface area contributed by atoms with Crippen LogP contribution in [-0.4, -0.2) is 145 Å². The summed E-state index contributed by atoms with van der Waals surface area (Å²) >= 11 is 0. The van der Waals surface area contributed by atoms with Crippen LogP contribution in [0.2, 0.25) is 0 Å². The van der Waals surface area contributed by atoms with E-state index in [1.807, 2.05) is 35.5 Å². The summed E-state index contributed by atoms with van der Waals surface area (Å²) in [6.07, 6.45) is 5.26. The second-order valence-corrected chi connectivity index (χ2v) is 21.5. The van der Waals surface area contributed by atoms with Crippen molar-refractivity contribution < 1.29 is 81.7 Å². The summed E-state index contributed by atoms with van der Waals surface area (Å²) in [5.74, 6) is -2.60. The zero-order valence-corrected chi connectivity index (χ0v) is 41.3. The number of methoxy groups -OCH3 is 2. The van der Waals surface area contributed by atoms with Crippen molar-refractivity contribution in [3.05, 3.63) is 70.9 Å². The molecule has 0 aromatic heterocycles. The molecule has 23 heteroatoms. The molecule has 1 saturated heterocycles. The molecule has 2 aromatic rings. The number of rotatable bonds is 27. The maximum Gasteiger partial charge on any atom is 0.333 e. The van der Waals surface area contributed by atoms with Crippen LogP contribution >= 0.6 is 0 Å². The van der Waals surface area contributed by atoms with E-state index in [1.165, 1.54) is 37.4 Å². The monoisotopic (exact) mass is 1010 g/mol. The van der Waals surface area contributed by atoms with Crippen molar-refractivity contribution in [2.75, 3.05) is 77.6 Å². The van der Waals surface area contributed by atoms with Crippen molar-refractivity contribution in [2.45, 2.75) is 99.2 Å². The molecule has 3 heterocycles. The molecule has 376 valence electrons. The fourth-order valence-electron chi connectivity index (χ4n) is 8.83. The van der Waals surface area contributed by atoms with Crippen LogP contribution in [-0.2, 0) is 79.4 Å². The minimum atomic E-state index is -4.93. The van der Waals surface area contributed by atoms with E-state index in [-0.39, 0.29) is 65.1 Å². The second-order valence-electron chi connectivity index (χ2n) is 17.2. The van der Waals surface area contributed by atoms with Gasteiger partial charge in [-0.05, 0) is 100 Å². The third kappa shape index (κ3) is 13.5. The number of amides is 2. The Morgan fingerprint density at radius 1 is 0.750 bits per heavy atom. The van der Waals surface area contributed by atoms with Gasteiger partial charge in [0.1, 0.15) is 26.8 Å². The Hall–Kier alpha value is -4.43. The van der Waals surface area contributed by atoms with E-state index in [4.69, 9.17) is 23.8 Å². The Morgan fingerprint density at radius 2 is 1.35 bits per heavy atom. The van der Waals surface area contributed by atoms with E-state index in [2.05, 4.69) is 0 Å². The summed E-state index contributed by atoms with van der Waals surface area (Å²) in [5.41, 5.74) is 1.92. The van der Waals surface area contributed by atoms with E-state index in [0.717, 1.165) is 0 Å². The van der Waals surface area contributed by atoms with Gasteiger partial charge in [-0.2, -0.15) is 4.58 Å². The molecule has 0 N–H and O–H groups in total. The molecule has 20 nitrogen and oxygen atoms in total. The number of ether oxygens (including phenoxy) is 4. The van der Waals surface area contributed by atoms with Gasteiger partial charge in [-0.25, -0.2) is 30.0 Å². The zero-order valence-electron chi connectivity index (χ0n) is 38.9. The molecule has 2 amide bonds. The molecule has 0 saturated carbocycles. The number of unbranched alkanes of at least 4 members (excludes halogenated alkanes) is 2. The first-order chi connectivity index (χ1) is 31.9. The van der Waals surface area contributed by atoms with E-state index in [9.17, 15) is 53.3 Å². The molecule has 3 aliphatic heterocycles. The Kier molecular flexibility index (Phi) is 18.4. The lowest BCUT2D eigenvalue weighted by Gasteiger charge is -2.31. The van der Waals surface area contributed by atoms with Crippen LogP contribution in [0.5, 0.6) is 0 Å². The minimum Gasteiger partial charge on any atom is -0.748 e. The van der Waals surface area contributed by atoms with Gasteiger partial charge in [0.15, 0.2) is 12.3 Å². The summed E-state index contributed by atoms with van der Waals surface area (Å²) in [7, 11) is -11.4. The molecule has 5 rings (SSSR count). The number of fused-ring (bicyclic) bond motifs is 2. The Bertz CT molecular complexity index is 2630. The summed E-state index contributed by atoms with van der Waals surface area (Å²) in [5, 5.41) is 0.499. The van der Waals surface area contributed by atoms with Crippen LogP contribution in [0, 0.1) is 0 Å². The summed E-state index contributed by atoms with van der Waals surface area (Å²) in [6.45, 7) is 7.76. The fraction of sp³-hybridized carbons (Fsp3) is 0.556. The minimum absolute atomic E-state index is 0.0314. The molecule has 68 heavy (non-hydrogen) atoms. The average Bonchev–Trinajstić information content (AvgIpc) is 3.78. The first kappa shape index (κ1) is 54.5. The third-order valence-electron chi connectivity index (χ3n) is 12.3. The van der Waals surface area contributed by atoms with Crippen molar-refractivity contribution in [3.63, 3.8) is 0 Å². The number of anilines is 1. The SMILES string of the molecule is COCCOCCOCC[N+]1=C(C=C(C)C=C2N(CCCCCC(=O)ON3C(=O)CCC3=O)c3ccc(S(=O)(=O)[O-])cc3C2(C)CCOC)C(C)(CCCS(=O)(=O)[O-])c2cc(S(=O)(=O)[O-])ccc21. The quantitative estimate of drug-likeness (QED) is 0.0534. The van der Waals surface area contributed by atoms with Gasteiger partial charge >= 0.3 is 5.97 Å². The number of benzene rings is 2. The number of hydroxylamine groups is 2. The molecule has 0 aliphatic carbocycles. The van der Waals surface area contributed by atoms with Gasteiger partial charge in [0.25, 0.3) is 11.8 Å². The predicted molar refractivity (Wildman–Crippen MR) is 242 cm³/mol. The first-order valence-electron chi connectivity index (χ1n) is 22.1. The van der Waals surface area contributed by atoms with Crippen molar-refractivity contribution in [3.8, 4) is 0 Å². The summed E-state index contributed by atoms with van der Waals surface area (Å²) < 4.78 is 134. The van der Waals surface area contributed by atoms with Crippen molar-refractivity contribution in [1.82, 2.24) is 5.06 Å². The Labute approximate surface area is 398 Å². The predicted octanol–water partition coefficient (Wildman–Crippen LogP) is 3.67. The van der Waals surface area contributed by atoms with Crippen molar-refractivity contribution >= 4 is 65.2 Å². The molecular formula is C45H59N3O17S3-2. The first-order valence-corrected chi connectivity index (χ1v) is 26.5. The van der Waals surface area contributed by atoms with Gasteiger partial charge in [0.05, 0.1) is 51.8 Å². The van der Waals surface area contributed by atoms with E-state index >= 15 is 0 Å². The smallest absolute Gasteiger partial charge is 0.333 e. The van der Waals surface area contributed by atoms with E-state index in [1.54, 1.807) is 20.1 Å². The number of allylic oxidation sites excluding steroid dienone is 4. The maximum atomic E-state index is 12.5. The van der Waals surface area contributed by atoms with Gasteiger partial charge in [-0.3, -0.25) is 9.59 Å². The lowest BCUT2D eigenvalue weighted by Crippen LogP contribution is -2.33. The van der Waals surface area contributed by atoms with E-state index < -0.39 is 74.5 Å². The molecular weight excluding hydrogens is 951 g/mol. The molecule has 0 spiro atoms. The van der Waals surface area contributed by atoms with Crippen molar-refractivity contribution in [1.29, 1.82) is 0 Å². The summed E-state index contributed by atoms with van der Waals surface area (Å²) in [4.78, 5) is 42.5. The van der Waals surface area contributed by atoms with Crippen LogP contribution in [0.1, 0.15) is 89.7 Å². The second kappa shape index (κ2) is 23.0. The van der Waals surface area contributed by atoms with Gasteiger partial charge in [0.2, 0.25) is 5.69 Å². The van der Waals surface area contributed by atoms with Crippen LogP contribution in [0.3, 0.4) is 0 Å². The highest BCUT2D eigenvalue weighted by Crippen LogP contribution is 2.51. The van der Waals surface area contributed by atoms with E-state index in [0.29, 0.717) is 90.0 Å². The standard InChI is InChI=1S/C45H61N3O17S3/c1-32(28-39-44(2,17-9-27-66(52,53)54)35-30-33(67(55,56)57)12-14-38(35)47(39)20-22-63-25-26-64-24-23-62-5)29-40-45(3,18-21-61-4)36-31-34(68(58,59)60)11-13-37(36)46(40)19-8-6-7-10-43(51)65-48-41(49)15-16-42(48)50/h11-14,28-31H,6-10,15-27H2,1-5H3,(H2-,52,53,54,55,56,57,58,59,60)/p-2. The largest absolute Gasteiger partial charge is 0.748 e. The van der Waals surface area contributed by atoms with Crippen LogP contribution in [0.15, 0.2) is 69.6 Å². The molecule has 3 aliphatic rings. The van der Waals surface area contributed by atoms with Crippen molar-refractivity contribution in [2.24, 2.45) is 0 Å². The molecule has 2 aromatic carbocycles. The average molecular weight is 1010 g/mol. The number of hydrogen-bond acceptors (Lipinski definition) is 18. The lowest BCUT2D eigenvalue weighted by molar-refractivity contribution is -0.442. The molecule has 2 unspecified atom stereocenters. The topological polar surface area (TPSA) is 278 Å². The Morgan fingerprint density at radius 3 is 1.97 bits per heavy atom. The highest BCUT2D eigenvalue weighted by molar-refractivity contribution is 7.86. The summed E-state index contributed by atoms with van der Waals surface area (Å²) in [6, 6.07) is 8.17. The Balaban J connectivity index is 1.57. The highest BCUT2D eigenvalue weighted by Gasteiger charge is 2.49. The highest BCUT2D eigenvalue weighted by atomic mass is 32.2. The number of nitrogens with zero attached hydrogens (tertiary/aromatic N) is 3. The van der Waals surface area contributed by atoms with Gasteiger partial charge in [-0.15, -0.1) is 5.06 Å². The van der Waals surface area contributed by atoms with Gasteiger partial charge in [0, 0.05) is 86.9 Å². The molecule has 0 radical (unpaired) electrons. The molecule has 1 fully saturated rings. The fourth-order valence-corrected chi connectivity index (χ4v) is 10.3. The van der Waals surface area contributed by atoms with Crippen LogP contribution in [0.25, 0.3) is 0 Å². The zero-order chi connectivity index (χ0) is 50.1. The van der Waals surface area contributed by atoms with Crippen LogP contribution < -0.4 is 4.90 Å². The lowest BCUT2D eigenvalue weighted by atomic mass is 9.75. The molecule has 0 bridgehead atoms. The number of hydrogen-bond donors (Lipinski definition) is 0. The number of carbonyl (C=O) groups excluding carboxylic acids is 3. The third-order valence-corrected chi connectivity index (χ3v) is 14.8. The number of imide groups is 1. The van der Waals surface area contributed by atoms with Gasteiger partial charge in [-0.1, -0.05) is 6.42 Å². The maximum absolute atomic E-state index is 12.5. The van der Waals surface area contributed by atoms with Crippen LogP contribution in [0.4, 0.5) is 11.4 Å².